The predicted octanol–water partition coefficient (Wildman–Crippen LogP) is 3.07. The molecule has 0 unspecified atom stereocenters. The van der Waals surface area contributed by atoms with E-state index in [1.807, 2.05) is 20.8 Å². The lowest BCUT2D eigenvalue weighted by Gasteiger charge is -2.44. The topological polar surface area (TPSA) is 27.7 Å². The first kappa shape index (κ1) is 15.3. The molecule has 1 saturated heterocycles. The summed E-state index contributed by atoms with van der Waals surface area (Å²) in [5.74, 6) is 2.22. The second-order valence-electron chi connectivity index (χ2n) is 6.13. The molecule has 0 N–H and O–H groups in total. The monoisotopic (exact) mass is 276 g/mol. The van der Waals surface area contributed by atoms with Gasteiger partial charge in [-0.2, -0.15) is 0 Å². The van der Waals surface area contributed by atoms with Gasteiger partial charge in [-0.1, -0.05) is 24.1 Å². The van der Waals surface area contributed by atoms with Crippen LogP contribution >= 0.6 is 0 Å². The van der Waals surface area contributed by atoms with E-state index < -0.39 is 11.4 Å². The summed E-state index contributed by atoms with van der Waals surface area (Å²) in [5, 5.41) is 0. The molecule has 3 nitrogen and oxygen atoms in total. The summed E-state index contributed by atoms with van der Waals surface area (Å²) in [5.41, 5.74) is 0.299. The Balaban J connectivity index is 2.33. The molecule has 110 valence electrons. The summed E-state index contributed by atoms with van der Waals surface area (Å²) >= 11 is 0. The molecule has 1 aliphatic heterocycles. The van der Waals surface area contributed by atoms with E-state index in [1.165, 1.54) is 0 Å². The number of rotatable bonds is 4. The van der Waals surface area contributed by atoms with Crippen LogP contribution in [-0.4, -0.2) is 30.2 Å². The molecule has 1 aliphatic carbocycles. The molecule has 2 rings (SSSR count). The first-order valence-electron chi connectivity index (χ1n) is 7.09. The van der Waals surface area contributed by atoms with Crippen LogP contribution in [0.3, 0.4) is 0 Å². The Morgan fingerprint density at radius 1 is 1.50 bits per heavy atom. The van der Waals surface area contributed by atoms with Crippen LogP contribution < -0.4 is 0 Å². The van der Waals surface area contributed by atoms with Crippen LogP contribution in [0.25, 0.3) is 0 Å². The summed E-state index contributed by atoms with van der Waals surface area (Å²) in [6.45, 7) is 14.1. The average Bonchev–Trinajstić information content (AvgIpc) is 2.68. The molecule has 0 radical (unpaired) electrons. The van der Waals surface area contributed by atoms with Crippen molar-refractivity contribution < 1.29 is 14.2 Å². The number of ether oxygens (including phenoxy) is 3. The summed E-state index contributed by atoms with van der Waals surface area (Å²) in [4.78, 5) is 0. The van der Waals surface area contributed by atoms with Crippen LogP contribution in [0.1, 0.15) is 33.6 Å². The van der Waals surface area contributed by atoms with Crippen LogP contribution in [0.4, 0.5) is 0 Å². The Morgan fingerprint density at radius 2 is 2.20 bits per heavy atom. The van der Waals surface area contributed by atoms with Gasteiger partial charge in [0.25, 0.3) is 0 Å². The fraction of sp³-hybridized carbons (Fsp3) is 0.647. The zero-order chi connectivity index (χ0) is 15.0. The fourth-order valence-electron chi connectivity index (χ4n) is 3.40. The van der Waals surface area contributed by atoms with Gasteiger partial charge in [0.15, 0.2) is 5.79 Å². The molecule has 20 heavy (non-hydrogen) atoms. The third kappa shape index (κ3) is 2.56. The minimum atomic E-state index is -0.676. The van der Waals surface area contributed by atoms with Crippen molar-refractivity contribution in [2.24, 2.45) is 5.92 Å². The largest absolute Gasteiger partial charge is 0.358 e. The van der Waals surface area contributed by atoms with Crippen molar-refractivity contribution in [2.45, 2.75) is 57.2 Å². The molecule has 0 aromatic rings. The highest BCUT2D eigenvalue weighted by Crippen LogP contribution is 2.48. The van der Waals surface area contributed by atoms with Gasteiger partial charge in [-0.05, 0) is 33.6 Å². The summed E-state index contributed by atoms with van der Waals surface area (Å²) in [6, 6.07) is 0. The molecule has 1 saturated carbocycles. The third-order valence-electron chi connectivity index (χ3n) is 4.09. The maximum atomic E-state index is 6.08. The van der Waals surface area contributed by atoms with E-state index in [-0.39, 0.29) is 18.1 Å². The lowest BCUT2D eigenvalue weighted by Crippen LogP contribution is -2.53. The van der Waals surface area contributed by atoms with E-state index in [9.17, 15) is 0 Å². The highest BCUT2D eigenvalue weighted by Gasteiger charge is 2.56. The maximum Gasteiger partial charge on any atom is 0.163 e. The predicted molar refractivity (Wildman–Crippen MR) is 79.1 cm³/mol. The van der Waals surface area contributed by atoms with E-state index >= 15 is 0 Å². The second kappa shape index (κ2) is 5.37. The molecule has 4 atom stereocenters. The van der Waals surface area contributed by atoms with Crippen molar-refractivity contribution in [2.75, 3.05) is 6.61 Å². The smallest absolute Gasteiger partial charge is 0.163 e. The molecule has 0 amide bonds. The van der Waals surface area contributed by atoms with E-state index in [4.69, 9.17) is 20.6 Å². The quantitative estimate of drug-likeness (QED) is 0.583. The lowest BCUT2D eigenvalue weighted by molar-refractivity contribution is -0.153. The Kier molecular flexibility index (Phi) is 4.11. The summed E-state index contributed by atoms with van der Waals surface area (Å²) in [7, 11) is 0. The van der Waals surface area contributed by atoms with Crippen LogP contribution in [0.2, 0.25) is 0 Å². The average molecular weight is 276 g/mol. The third-order valence-corrected chi connectivity index (χ3v) is 4.09. The Labute approximate surface area is 122 Å². The minimum absolute atomic E-state index is 0.0560. The van der Waals surface area contributed by atoms with Crippen molar-refractivity contribution >= 4 is 0 Å². The van der Waals surface area contributed by atoms with E-state index in [0.29, 0.717) is 6.61 Å². The molecule has 0 bridgehead atoms. The van der Waals surface area contributed by atoms with Crippen molar-refractivity contribution in [1.29, 1.82) is 0 Å². The standard InChI is InChI=1S/C17H24O3/c1-7-11-18-17(8-2)10-9-13-15(14(17)12(3)4)20-16(5,6)19-13/h2,7,13-15H,1,3,9-11H2,4-6H3/t13-,14+,15-,17+/m1/s1. The van der Waals surface area contributed by atoms with Crippen LogP contribution in [0.5, 0.6) is 0 Å². The van der Waals surface area contributed by atoms with E-state index in [0.717, 1.165) is 18.4 Å². The number of fused-ring (bicyclic) bond motifs is 1. The minimum Gasteiger partial charge on any atom is -0.358 e. The van der Waals surface area contributed by atoms with Crippen LogP contribution in [0, 0.1) is 18.3 Å². The van der Waals surface area contributed by atoms with Crippen LogP contribution in [-0.2, 0) is 14.2 Å². The zero-order valence-electron chi connectivity index (χ0n) is 12.6. The molecule has 3 heteroatoms. The molecule has 0 aromatic carbocycles. The molecule has 2 aliphatic rings. The van der Waals surface area contributed by atoms with Crippen molar-refractivity contribution in [3.05, 3.63) is 24.8 Å². The molecular formula is C17H24O3. The van der Waals surface area contributed by atoms with E-state index in [1.54, 1.807) is 6.08 Å². The van der Waals surface area contributed by atoms with Crippen molar-refractivity contribution in [1.82, 2.24) is 0 Å². The second-order valence-corrected chi connectivity index (χ2v) is 6.13. The van der Waals surface area contributed by atoms with Gasteiger partial charge < -0.3 is 14.2 Å². The van der Waals surface area contributed by atoms with Gasteiger partial charge in [-0.15, -0.1) is 13.0 Å². The molecule has 2 fully saturated rings. The highest BCUT2D eigenvalue weighted by atomic mass is 16.8. The Hall–Kier alpha value is -1.08. The SMILES string of the molecule is C#C[C@]1(OCC=C)CC[C@H]2OC(C)(C)O[C@H]2[C@@H]1C(=C)C. The molecule has 1 heterocycles. The molecular weight excluding hydrogens is 252 g/mol. The van der Waals surface area contributed by atoms with Gasteiger partial charge in [0, 0.05) is 5.92 Å². The van der Waals surface area contributed by atoms with Gasteiger partial charge in [-0.3, -0.25) is 0 Å². The first-order chi connectivity index (χ1) is 9.35. The number of terminal acetylenes is 1. The summed E-state index contributed by atoms with van der Waals surface area (Å²) < 4.78 is 18.0. The molecule has 0 spiro atoms. The van der Waals surface area contributed by atoms with Gasteiger partial charge in [0.1, 0.15) is 5.60 Å². The lowest BCUT2D eigenvalue weighted by atomic mass is 9.69. The highest BCUT2D eigenvalue weighted by molar-refractivity contribution is 5.25. The van der Waals surface area contributed by atoms with Gasteiger partial charge in [0.05, 0.1) is 18.8 Å². The maximum absolute atomic E-state index is 6.08. The van der Waals surface area contributed by atoms with Gasteiger partial charge in [-0.25, -0.2) is 0 Å². The normalized spacial score (nSPS) is 38.8. The number of hydrogen-bond acceptors (Lipinski definition) is 3. The van der Waals surface area contributed by atoms with Crippen molar-refractivity contribution in [3.63, 3.8) is 0 Å². The zero-order valence-corrected chi connectivity index (χ0v) is 12.6. The van der Waals surface area contributed by atoms with Gasteiger partial charge in [0.2, 0.25) is 0 Å². The summed E-state index contributed by atoms with van der Waals surface area (Å²) in [6.07, 6.45) is 9.06. The Bertz CT molecular complexity index is 446. The van der Waals surface area contributed by atoms with E-state index in [2.05, 4.69) is 19.1 Å². The number of hydrogen-bond donors (Lipinski definition) is 0. The van der Waals surface area contributed by atoms with Gasteiger partial charge >= 0.3 is 0 Å². The first-order valence-corrected chi connectivity index (χ1v) is 7.09. The fourth-order valence-corrected chi connectivity index (χ4v) is 3.40. The molecule has 0 aromatic heterocycles. The van der Waals surface area contributed by atoms with Crippen LogP contribution in [0.15, 0.2) is 24.8 Å². The van der Waals surface area contributed by atoms with Crippen molar-refractivity contribution in [3.8, 4) is 12.3 Å². The Morgan fingerprint density at radius 3 is 2.75 bits per heavy atom.